The van der Waals surface area contributed by atoms with Gasteiger partial charge in [-0.3, -0.25) is 14.2 Å². The summed E-state index contributed by atoms with van der Waals surface area (Å²) < 4.78 is 1.65. The second-order valence-corrected chi connectivity index (χ2v) is 8.59. The predicted octanol–water partition coefficient (Wildman–Crippen LogP) is 4.50. The Morgan fingerprint density at radius 3 is 2.81 bits per heavy atom. The van der Waals surface area contributed by atoms with Crippen LogP contribution in [0.5, 0.6) is 0 Å². The van der Waals surface area contributed by atoms with Crippen LogP contribution in [-0.4, -0.2) is 21.1 Å². The van der Waals surface area contributed by atoms with Crippen molar-refractivity contribution in [2.24, 2.45) is 0 Å². The minimum Gasteiger partial charge on any atom is -0.293 e. The molecule has 138 valence electrons. The first kappa shape index (κ1) is 18.2. The Morgan fingerprint density at radius 2 is 2.04 bits per heavy atom. The van der Waals surface area contributed by atoms with Crippen LogP contribution in [0.15, 0.2) is 52.9 Å². The Bertz CT molecular complexity index is 1070. The van der Waals surface area contributed by atoms with E-state index in [1.54, 1.807) is 22.0 Å². The van der Waals surface area contributed by atoms with Crippen LogP contribution in [0.25, 0.3) is 10.2 Å². The average Bonchev–Trinajstić information content (AvgIpc) is 3.07. The fraction of sp³-hybridized carbons (Fsp3) is 0.286. The molecule has 1 aliphatic rings. The highest BCUT2D eigenvalue weighted by atomic mass is 32.2. The van der Waals surface area contributed by atoms with Gasteiger partial charge in [0.05, 0.1) is 11.1 Å². The van der Waals surface area contributed by atoms with Crippen molar-refractivity contribution in [3.05, 3.63) is 69.3 Å². The number of aryl methyl sites for hydroxylation is 2. The van der Waals surface area contributed by atoms with Crippen LogP contribution >= 0.6 is 23.1 Å². The molecular formula is C21H20N2O2S2. The van der Waals surface area contributed by atoms with E-state index in [4.69, 9.17) is 4.98 Å². The molecule has 3 aromatic rings. The third kappa shape index (κ3) is 3.51. The van der Waals surface area contributed by atoms with Gasteiger partial charge in [-0.05, 0) is 31.2 Å². The van der Waals surface area contributed by atoms with Gasteiger partial charge in [0.15, 0.2) is 10.9 Å². The van der Waals surface area contributed by atoms with Crippen molar-refractivity contribution in [3.8, 4) is 0 Å². The first-order chi connectivity index (χ1) is 13.2. The standard InChI is InChI=1S/C21H20N2O2S2/c1-2-12-23-20(25)18-15-10-6-7-11-17(15)27-19(18)22-21(23)26-13-16(24)14-8-4-3-5-9-14/h2-5,8-9H,1,6-7,10-13H2. The molecule has 0 aliphatic heterocycles. The van der Waals surface area contributed by atoms with E-state index in [2.05, 4.69) is 6.58 Å². The summed E-state index contributed by atoms with van der Waals surface area (Å²) in [5.74, 6) is 0.287. The predicted molar refractivity (Wildman–Crippen MR) is 112 cm³/mol. The fourth-order valence-corrected chi connectivity index (χ4v) is 5.66. The molecule has 6 heteroatoms. The zero-order chi connectivity index (χ0) is 18.8. The average molecular weight is 397 g/mol. The van der Waals surface area contributed by atoms with Gasteiger partial charge < -0.3 is 0 Å². The van der Waals surface area contributed by atoms with Crippen LogP contribution in [0.3, 0.4) is 0 Å². The number of benzene rings is 1. The van der Waals surface area contributed by atoms with Gasteiger partial charge >= 0.3 is 0 Å². The van der Waals surface area contributed by atoms with E-state index in [9.17, 15) is 9.59 Å². The highest BCUT2D eigenvalue weighted by Crippen LogP contribution is 2.34. The number of hydrogen-bond donors (Lipinski definition) is 0. The first-order valence-corrected chi connectivity index (χ1v) is 10.9. The molecule has 0 amide bonds. The van der Waals surface area contributed by atoms with Crippen LogP contribution in [0.1, 0.15) is 33.6 Å². The van der Waals surface area contributed by atoms with Gasteiger partial charge in [0, 0.05) is 17.0 Å². The summed E-state index contributed by atoms with van der Waals surface area (Å²) in [6.45, 7) is 4.17. The second kappa shape index (κ2) is 7.82. The topological polar surface area (TPSA) is 52.0 Å². The molecule has 1 aromatic carbocycles. The molecule has 2 heterocycles. The summed E-state index contributed by atoms with van der Waals surface area (Å²) in [7, 11) is 0. The number of carbonyl (C=O) groups excluding carboxylic acids is 1. The van der Waals surface area contributed by atoms with Crippen LogP contribution in [0.2, 0.25) is 0 Å². The van der Waals surface area contributed by atoms with E-state index in [0.29, 0.717) is 17.3 Å². The van der Waals surface area contributed by atoms with E-state index in [0.717, 1.165) is 29.5 Å². The number of rotatable bonds is 6. The van der Waals surface area contributed by atoms with E-state index in [1.165, 1.54) is 28.6 Å². The minimum absolute atomic E-state index is 0.00559. The number of thioether (sulfide) groups is 1. The quantitative estimate of drug-likeness (QED) is 0.266. The molecule has 0 bridgehead atoms. The van der Waals surface area contributed by atoms with Gasteiger partial charge in [-0.25, -0.2) is 4.98 Å². The molecule has 4 rings (SSSR count). The molecule has 0 fully saturated rings. The van der Waals surface area contributed by atoms with Gasteiger partial charge in [0.2, 0.25) is 0 Å². The minimum atomic E-state index is -0.00559. The van der Waals surface area contributed by atoms with E-state index < -0.39 is 0 Å². The molecule has 0 unspecified atom stereocenters. The monoisotopic (exact) mass is 396 g/mol. The molecule has 0 saturated heterocycles. The number of ketones is 1. The summed E-state index contributed by atoms with van der Waals surface area (Å²) >= 11 is 2.96. The highest BCUT2D eigenvalue weighted by Gasteiger charge is 2.22. The number of allylic oxidation sites excluding steroid dienone is 1. The number of hydrogen-bond acceptors (Lipinski definition) is 5. The van der Waals surface area contributed by atoms with Crippen LogP contribution in [0, 0.1) is 0 Å². The molecule has 0 saturated carbocycles. The van der Waals surface area contributed by atoms with Crippen LogP contribution in [0.4, 0.5) is 0 Å². The summed E-state index contributed by atoms with van der Waals surface area (Å²) in [4.78, 5) is 32.5. The van der Waals surface area contributed by atoms with Crippen molar-refractivity contribution < 1.29 is 4.79 Å². The normalized spacial score (nSPS) is 13.5. The summed E-state index contributed by atoms with van der Waals surface area (Å²) in [5.41, 5.74) is 1.86. The lowest BCUT2D eigenvalue weighted by Gasteiger charge is -2.12. The largest absolute Gasteiger partial charge is 0.293 e. The maximum atomic E-state index is 13.2. The number of aromatic nitrogens is 2. The maximum Gasteiger partial charge on any atom is 0.263 e. The van der Waals surface area contributed by atoms with Crippen molar-refractivity contribution in [2.45, 2.75) is 37.4 Å². The fourth-order valence-electron chi connectivity index (χ4n) is 3.46. The highest BCUT2D eigenvalue weighted by molar-refractivity contribution is 7.99. The molecular weight excluding hydrogens is 376 g/mol. The smallest absolute Gasteiger partial charge is 0.263 e. The molecule has 0 atom stereocenters. The van der Waals surface area contributed by atoms with Crippen LogP contribution < -0.4 is 5.56 Å². The Balaban J connectivity index is 1.71. The number of Topliss-reactive ketones (excluding diaryl/α,β-unsaturated/α-hetero) is 1. The van der Waals surface area contributed by atoms with Crippen LogP contribution in [-0.2, 0) is 19.4 Å². The Labute approximate surface area is 165 Å². The lowest BCUT2D eigenvalue weighted by atomic mass is 9.97. The van der Waals surface area contributed by atoms with Gasteiger partial charge in [0.25, 0.3) is 5.56 Å². The zero-order valence-corrected chi connectivity index (χ0v) is 16.6. The van der Waals surface area contributed by atoms with E-state index in [-0.39, 0.29) is 17.1 Å². The van der Waals surface area contributed by atoms with Crippen molar-refractivity contribution in [1.82, 2.24) is 9.55 Å². The number of fused-ring (bicyclic) bond motifs is 3. The summed E-state index contributed by atoms with van der Waals surface area (Å²) in [6, 6.07) is 9.21. The molecule has 2 aromatic heterocycles. The van der Waals surface area contributed by atoms with E-state index >= 15 is 0 Å². The van der Waals surface area contributed by atoms with Crippen molar-refractivity contribution in [3.63, 3.8) is 0 Å². The number of carbonyl (C=O) groups is 1. The zero-order valence-electron chi connectivity index (χ0n) is 14.9. The third-order valence-corrected chi connectivity index (χ3v) is 6.94. The van der Waals surface area contributed by atoms with Crippen molar-refractivity contribution >= 4 is 39.1 Å². The molecule has 0 radical (unpaired) electrons. The van der Waals surface area contributed by atoms with Gasteiger partial charge in [-0.15, -0.1) is 17.9 Å². The Morgan fingerprint density at radius 1 is 1.26 bits per heavy atom. The molecule has 0 spiro atoms. The molecule has 27 heavy (non-hydrogen) atoms. The lowest BCUT2D eigenvalue weighted by molar-refractivity contribution is 0.102. The van der Waals surface area contributed by atoms with Gasteiger partial charge in [0.1, 0.15) is 4.83 Å². The van der Waals surface area contributed by atoms with Crippen molar-refractivity contribution in [2.75, 3.05) is 5.75 Å². The van der Waals surface area contributed by atoms with E-state index in [1.807, 2.05) is 30.3 Å². The van der Waals surface area contributed by atoms with Crippen molar-refractivity contribution in [1.29, 1.82) is 0 Å². The maximum absolute atomic E-state index is 13.2. The second-order valence-electron chi connectivity index (χ2n) is 6.57. The lowest BCUT2D eigenvalue weighted by Crippen LogP contribution is -2.23. The summed E-state index contributed by atoms with van der Waals surface area (Å²) in [5, 5.41) is 1.37. The SMILES string of the molecule is C=CCn1c(SCC(=O)c2ccccc2)nc2sc3c(c2c1=O)CCCC3. The summed E-state index contributed by atoms with van der Waals surface area (Å²) in [6.07, 6.45) is 6.00. The molecule has 1 aliphatic carbocycles. The molecule has 4 nitrogen and oxygen atoms in total. The number of thiophene rings is 1. The number of nitrogens with zero attached hydrogens (tertiary/aromatic N) is 2. The third-order valence-electron chi connectivity index (χ3n) is 4.78. The Kier molecular flexibility index (Phi) is 5.27. The van der Waals surface area contributed by atoms with Gasteiger partial charge in [-0.2, -0.15) is 0 Å². The van der Waals surface area contributed by atoms with Gasteiger partial charge in [-0.1, -0.05) is 48.2 Å². The molecule has 0 N–H and O–H groups in total. The first-order valence-electron chi connectivity index (χ1n) is 9.06. The Hall–Kier alpha value is -2.18.